The van der Waals surface area contributed by atoms with Gasteiger partial charge in [-0.3, -0.25) is 28.8 Å². The number of hydrogen-bond acceptors (Lipinski definition) is 11. The maximum atomic E-state index is 13.7. The molecular formula is C52H48N4O10. The summed E-state index contributed by atoms with van der Waals surface area (Å²) >= 11 is 0. The number of carbonyl (C=O) groups excluding carboxylic acids is 7. The van der Waals surface area contributed by atoms with Crippen molar-refractivity contribution in [2.75, 3.05) is 18.5 Å². The lowest BCUT2D eigenvalue weighted by molar-refractivity contribution is -0.125. The highest BCUT2D eigenvalue weighted by molar-refractivity contribution is 6.05. The van der Waals surface area contributed by atoms with Crippen LogP contribution in [0.3, 0.4) is 0 Å². The van der Waals surface area contributed by atoms with Crippen molar-refractivity contribution in [2.24, 2.45) is 5.73 Å². The number of primary amides is 1. The van der Waals surface area contributed by atoms with Crippen LogP contribution in [0.5, 0.6) is 11.5 Å². The second-order valence-electron chi connectivity index (χ2n) is 15.2. The number of hydrogen-bond donors (Lipinski definition) is 3. The Morgan fingerprint density at radius 1 is 0.667 bits per heavy atom. The average Bonchev–Trinajstić information content (AvgIpc) is 3.30. The molecule has 0 radical (unpaired) electrons. The van der Waals surface area contributed by atoms with Crippen molar-refractivity contribution in [3.05, 3.63) is 185 Å². The number of nitriles is 1. The van der Waals surface area contributed by atoms with Crippen LogP contribution in [0.2, 0.25) is 0 Å². The second-order valence-corrected chi connectivity index (χ2v) is 15.2. The van der Waals surface area contributed by atoms with Crippen molar-refractivity contribution in [1.82, 2.24) is 5.32 Å². The van der Waals surface area contributed by atoms with Crippen molar-refractivity contribution in [3.8, 4) is 17.6 Å². The molecule has 0 heterocycles. The van der Waals surface area contributed by atoms with E-state index in [1.807, 2.05) is 6.07 Å². The Morgan fingerprint density at radius 2 is 1.24 bits per heavy atom. The number of Topliss-reactive ketones (excluding diaryl/α,β-unsaturated/α-hetero) is 3. The van der Waals surface area contributed by atoms with E-state index in [0.29, 0.717) is 44.6 Å². The molecule has 0 aliphatic carbocycles. The monoisotopic (exact) mass is 888 g/mol. The number of nitrogens with two attached hydrogens (primary N) is 1. The van der Waals surface area contributed by atoms with Crippen LogP contribution in [0.15, 0.2) is 135 Å². The Labute approximate surface area is 382 Å². The van der Waals surface area contributed by atoms with Crippen molar-refractivity contribution < 1.29 is 47.8 Å². The Kier molecular flexibility index (Phi) is 17.2. The second kappa shape index (κ2) is 23.3. The molecule has 0 saturated heterocycles. The predicted octanol–water partition coefficient (Wildman–Crippen LogP) is 7.14. The van der Waals surface area contributed by atoms with E-state index in [2.05, 4.69) is 23.8 Å². The fourth-order valence-corrected chi connectivity index (χ4v) is 6.57. The van der Waals surface area contributed by atoms with Gasteiger partial charge in [0.05, 0.1) is 41.3 Å². The lowest BCUT2D eigenvalue weighted by atomic mass is 9.95. The van der Waals surface area contributed by atoms with E-state index in [4.69, 9.17) is 25.2 Å². The van der Waals surface area contributed by atoms with E-state index in [-0.39, 0.29) is 72.8 Å². The summed E-state index contributed by atoms with van der Waals surface area (Å²) in [6, 6.07) is 28.8. The van der Waals surface area contributed by atoms with Crippen LogP contribution in [0, 0.1) is 11.3 Å². The SMILES string of the molecule is C=CCOC(=O)c1ccc(CC(=O)c2ccc(CC(=O)c3ccc(CC(=O)[C@H](CC(N)=O)NC(=O)c4ccc(NC(=O)c5ccc(C#N)cc5)cc4)cc3)c(OC(C)C)c2OCC=C)cc1. The normalized spacial score (nSPS) is 11.0. The summed E-state index contributed by atoms with van der Waals surface area (Å²) in [5, 5.41) is 14.3. The van der Waals surface area contributed by atoms with E-state index in [1.54, 1.807) is 74.5 Å². The quantitative estimate of drug-likeness (QED) is 0.0340. The average molecular weight is 889 g/mol. The van der Waals surface area contributed by atoms with Gasteiger partial charge in [-0.1, -0.05) is 67.8 Å². The third-order valence-electron chi connectivity index (χ3n) is 9.87. The highest BCUT2D eigenvalue weighted by Gasteiger charge is 2.26. The van der Waals surface area contributed by atoms with E-state index in [0.717, 1.165) is 0 Å². The topological polar surface area (TPSA) is 221 Å². The summed E-state index contributed by atoms with van der Waals surface area (Å²) in [6.45, 7) is 11.0. The maximum absolute atomic E-state index is 13.7. The van der Waals surface area contributed by atoms with Crippen molar-refractivity contribution in [1.29, 1.82) is 5.26 Å². The number of ether oxygens (including phenoxy) is 3. The molecule has 0 unspecified atom stereocenters. The number of nitrogens with one attached hydrogen (secondary N) is 2. The first kappa shape index (κ1) is 48.6. The van der Waals surface area contributed by atoms with Gasteiger partial charge in [-0.05, 0) is 91.7 Å². The van der Waals surface area contributed by atoms with Gasteiger partial charge in [0.1, 0.15) is 13.2 Å². The highest BCUT2D eigenvalue weighted by atomic mass is 16.5. The minimum absolute atomic E-state index is 0.0181. The van der Waals surface area contributed by atoms with Crippen LogP contribution in [0.1, 0.15) is 94.3 Å². The lowest BCUT2D eigenvalue weighted by Gasteiger charge is -2.20. The Bertz CT molecular complexity index is 2660. The van der Waals surface area contributed by atoms with E-state index in [9.17, 15) is 33.6 Å². The third kappa shape index (κ3) is 13.5. The number of amides is 3. The van der Waals surface area contributed by atoms with Crippen LogP contribution in [0.25, 0.3) is 0 Å². The van der Waals surface area contributed by atoms with Crippen LogP contribution in [-0.4, -0.2) is 66.4 Å². The van der Waals surface area contributed by atoms with Crippen molar-refractivity contribution >= 4 is 46.7 Å². The molecule has 5 rings (SSSR count). The molecule has 0 aliphatic heterocycles. The molecule has 3 amide bonds. The number of rotatable bonds is 23. The molecule has 0 spiro atoms. The number of nitrogens with zero attached hydrogens (tertiary/aromatic N) is 1. The van der Waals surface area contributed by atoms with Gasteiger partial charge in [0, 0.05) is 47.2 Å². The molecule has 14 nitrogen and oxygen atoms in total. The minimum atomic E-state index is -1.25. The van der Waals surface area contributed by atoms with Gasteiger partial charge in [-0.15, -0.1) is 0 Å². The van der Waals surface area contributed by atoms with Gasteiger partial charge >= 0.3 is 5.97 Å². The number of esters is 1. The zero-order valence-electron chi connectivity index (χ0n) is 36.5. The summed E-state index contributed by atoms with van der Waals surface area (Å²) in [5.41, 5.74) is 9.26. The van der Waals surface area contributed by atoms with Crippen LogP contribution < -0.4 is 25.8 Å². The van der Waals surface area contributed by atoms with Gasteiger partial charge in [0.15, 0.2) is 28.8 Å². The lowest BCUT2D eigenvalue weighted by Crippen LogP contribution is -2.44. The van der Waals surface area contributed by atoms with Gasteiger partial charge in [0.25, 0.3) is 11.8 Å². The van der Waals surface area contributed by atoms with E-state index < -0.39 is 41.9 Å². The summed E-state index contributed by atoms with van der Waals surface area (Å²) in [7, 11) is 0. The molecule has 5 aromatic rings. The third-order valence-corrected chi connectivity index (χ3v) is 9.87. The summed E-state index contributed by atoms with van der Waals surface area (Å²) in [4.78, 5) is 91.0. The molecule has 0 aliphatic rings. The molecule has 0 saturated carbocycles. The van der Waals surface area contributed by atoms with Crippen LogP contribution >= 0.6 is 0 Å². The fraction of sp³-hybridized carbons (Fsp3) is 0.192. The Morgan fingerprint density at radius 3 is 1.83 bits per heavy atom. The molecule has 0 aromatic heterocycles. The molecule has 14 heteroatoms. The number of benzene rings is 5. The summed E-state index contributed by atoms with van der Waals surface area (Å²) in [5.74, 6) is -3.06. The first-order chi connectivity index (χ1) is 31.7. The summed E-state index contributed by atoms with van der Waals surface area (Å²) < 4.78 is 17.3. The Balaban J connectivity index is 1.25. The number of ketones is 3. The standard InChI is InChI=1S/C52H48N4O10/c1-5-25-64-49-42(45(58)27-33-9-17-39(18-10-33)52(63)65-26-6-2)24-21-40(48(49)66-32(3)4)29-44(57)36-13-7-34(8-14-36)28-46(59)43(30-47(54)60)56-51(62)38-19-22-41(23-20-38)55-50(61)37-15-11-35(31-53)12-16-37/h5-24,32,43H,1-2,25-30H2,3-4H3,(H2,54,60)(H,55,61)(H,56,62)/t43-/m0/s1. The van der Waals surface area contributed by atoms with E-state index >= 15 is 0 Å². The van der Waals surface area contributed by atoms with Gasteiger partial charge in [-0.2, -0.15) is 5.26 Å². The molecule has 4 N–H and O–H groups in total. The van der Waals surface area contributed by atoms with Crippen molar-refractivity contribution in [2.45, 2.75) is 51.7 Å². The van der Waals surface area contributed by atoms with E-state index in [1.165, 1.54) is 60.7 Å². The molecule has 0 fully saturated rings. The van der Waals surface area contributed by atoms with Gasteiger partial charge in [0.2, 0.25) is 5.91 Å². The number of anilines is 1. The highest BCUT2D eigenvalue weighted by Crippen LogP contribution is 2.38. The zero-order valence-corrected chi connectivity index (χ0v) is 36.5. The first-order valence-electron chi connectivity index (χ1n) is 20.8. The maximum Gasteiger partial charge on any atom is 0.338 e. The smallest absolute Gasteiger partial charge is 0.338 e. The zero-order chi connectivity index (χ0) is 47.8. The minimum Gasteiger partial charge on any atom is -0.487 e. The molecule has 0 bridgehead atoms. The van der Waals surface area contributed by atoms with Crippen LogP contribution in [-0.2, 0) is 33.6 Å². The Hall–Kier alpha value is -8.44. The molecule has 336 valence electrons. The first-order valence-corrected chi connectivity index (χ1v) is 20.8. The summed E-state index contributed by atoms with van der Waals surface area (Å²) in [6.07, 6.45) is 1.85. The molecular weight excluding hydrogens is 841 g/mol. The van der Waals surface area contributed by atoms with Crippen molar-refractivity contribution in [3.63, 3.8) is 0 Å². The number of carbonyl (C=O) groups is 7. The van der Waals surface area contributed by atoms with Gasteiger partial charge < -0.3 is 30.6 Å². The van der Waals surface area contributed by atoms with Crippen LogP contribution in [0.4, 0.5) is 5.69 Å². The molecule has 66 heavy (non-hydrogen) atoms. The molecule has 5 aromatic carbocycles. The largest absolute Gasteiger partial charge is 0.487 e. The molecule has 1 atom stereocenters. The predicted molar refractivity (Wildman–Crippen MR) is 247 cm³/mol. The van der Waals surface area contributed by atoms with Gasteiger partial charge in [-0.25, -0.2) is 4.79 Å². The fourth-order valence-electron chi connectivity index (χ4n) is 6.57.